The first kappa shape index (κ1) is 13.1. The van der Waals surface area contributed by atoms with E-state index in [4.69, 9.17) is 10.00 Å². The molecular weight excluding hydrogens is 292 g/mol. The summed E-state index contributed by atoms with van der Waals surface area (Å²) in [6, 6.07) is 3.93. The van der Waals surface area contributed by atoms with Gasteiger partial charge in [-0.15, -0.1) is 0 Å². The lowest BCUT2D eigenvalue weighted by Crippen LogP contribution is -2.08. The number of hydrogen-bond acceptors (Lipinski definition) is 5. The van der Waals surface area contributed by atoms with Crippen LogP contribution in [0, 0.1) is 21.4 Å². The second-order valence-corrected chi connectivity index (χ2v) is 3.79. The summed E-state index contributed by atoms with van der Waals surface area (Å²) in [6.07, 6.45) is 0. The van der Waals surface area contributed by atoms with E-state index in [0.717, 1.165) is 12.1 Å². The van der Waals surface area contributed by atoms with E-state index in [1.807, 2.05) is 0 Å². The van der Waals surface area contributed by atoms with E-state index >= 15 is 0 Å². The molecule has 0 bridgehead atoms. The Balaban J connectivity index is 3.37. The molecule has 0 heterocycles. The highest BCUT2D eigenvalue weighted by Crippen LogP contribution is 2.27. The van der Waals surface area contributed by atoms with Crippen LogP contribution in [0.5, 0.6) is 0 Å². The Morgan fingerprint density at radius 3 is 2.76 bits per heavy atom. The molecule has 0 spiro atoms. The van der Waals surface area contributed by atoms with Crippen LogP contribution in [0.2, 0.25) is 0 Å². The number of nitro groups is 1. The second kappa shape index (κ2) is 5.41. The van der Waals surface area contributed by atoms with Crippen LogP contribution in [0.15, 0.2) is 16.6 Å². The van der Waals surface area contributed by atoms with E-state index in [-0.39, 0.29) is 27.9 Å². The largest absolute Gasteiger partial charge is 0.462 e. The van der Waals surface area contributed by atoms with Gasteiger partial charge >= 0.3 is 5.97 Å². The van der Waals surface area contributed by atoms with Crippen LogP contribution in [-0.4, -0.2) is 17.5 Å². The molecule has 0 aliphatic heterocycles. The normalized spacial score (nSPS) is 9.47. The molecule has 0 atom stereocenters. The summed E-state index contributed by atoms with van der Waals surface area (Å²) in [6.45, 7) is 1.79. The monoisotopic (exact) mass is 298 g/mol. The highest BCUT2D eigenvalue weighted by molar-refractivity contribution is 9.10. The van der Waals surface area contributed by atoms with Crippen molar-refractivity contribution in [2.45, 2.75) is 6.92 Å². The van der Waals surface area contributed by atoms with Gasteiger partial charge in [-0.3, -0.25) is 10.1 Å². The zero-order chi connectivity index (χ0) is 13.0. The van der Waals surface area contributed by atoms with Crippen LogP contribution in [-0.2, 0) is 4.74 Å². The molecule has 1 aromatic rings. The predicted molar refractivity (Wildman–Crippen MR) is 61.5 cm³/mol. The van der Waals surface area contributed by atoms with Crippen molar-refractivity contribution < 1.29 is 14.5 Å². The van der Waals surface area contributed by atoms with E-state index in [0.29, 0.717) is 0 Å². The van der Waals surface area contributed by atoms with Gasteiger partial charge in [-0.2, -0.15) is 5.26 Å². The van der Waals surface area contributed by atoms with Gasteiger partial charge in [0.25, 0.3) is 5.69 Å². The Bertz CT molecular complexity index is 522. The molecule has 17 heavy (non-hydrogen) atoms. The van der Waals surface area contributed by atoms with Crippen LogP contribution in [0.3, 0.4) is 0 Å². The van der Waals surface area contributed by atoms with Gasteiger partial charge in [0.2, 0.25) is 0 Å². The fraction of sp³-hybridized carbons (Fsp3) is 0.200. The Kier molecular flexibility index (Phi) is 4.17. The molecule has 0 aliphatic carbocycles. The van der Waals surface area contributed by atoms with Crippen LogP contribution in [0.4, 0.5) is 5.69 Å². The third kappa shape index (κ3) is 2.79. The van der Waals surface area contributed by atoms with E-state index in [2.05, 4.69) is 15.9 Å². The van der Waals surface area contributed by atoms with Gasteiger partial charge in [-0.25, -0.2) is 4.79 Å². The number of nitrogens with zero attached hydrogens (tertiary/aromatic N) is 2. The summed E-state index contributed by atoms with van der Waals surface area (Å²) in [4.78, 5) is 21.5. The average molecular weight is 299 g/mol. The molecule has 0 saturated heterocycles. The predicted octanol–water partition coefficient (Wildman–Crippen LogP) is 2.41. The highest BCUT2D eigenvalue weighted by Gasteiger charge is 2.21. The Morgan fingerprint density at radius 1 is 1.65 bits per heavy atom. The Hall–Kier alpha value is -1.94. The third-order valence-corrected chi connectivity index (χ3v) is 2.51. The molecule has 0 saturated carbocycles. The lowest BCUT2D eigenvalue weighted by atomic mass is 10.1. The van der Waals surface area contributed by atoms with Gasteiger partial charge in [0.05, 0.1) is 22.7 Å². The second-order valence-electron chi connectivity index (χ2n) is 2.94. The molecule has 0 N–H and O–H groups in total. The Labute approximate surface area is 105 Å². The molecule has 0 unspecified atom stereocenters. The van der Waals surface area contributed by atoms with Crippen LogP contribution >= 0.6 is 15.9 Å². The summed E-state index contributed by atoms with van der Waals surface area (Å²) in [5.74, 6) is -0.689. The van der Waals surface area contributed by atoms with Crippen molar-refractivity contribution in [3.8, 4) is 6.07 Å². The lowest BCUT2D eigenvalue weighted by molar-refractivity contribution is -0.385. The van der Waals surface area contributed by atoms with Crippen molar-refractivity contribution in [1.82, 2.24) is 0 Å². The number of nitro benzene ring substituents is 1. The summed E-state index contributed by atoms with van der Waals surface area (Å²) in [5.41, 5.74) is -0.356. The molecule has 0 radical (unpaired) electrons. The minimum Gasteiger partial charge on any atom is -0.462 e. The summed E-state index contributed by atoms with van der Waals surface area (Å²) in [7, 11) is 0. The maximum Gasteiger partial charge on any atom is 0.340 e. The molecule has 6 nitrogen and oxygen atoms in total. The van der Waals surface area contributed by atoms with Crippen LogP contribution < -0.4 is 0 Å². The van der Waals surface area contributed by atoms with E-state index in [1.165, 1.54) is 0 Å². The fourth-order valence-electron chi connectivity index (χ4n) is 1.20. The molecule has 1 rings (SSSR count). The van der Waals surface area contributed by atoms with Gasteiger partial charge in [0.15, 0.2) is 0 Å². The first-order valence-electron chi connectivity index (χ1n) is 4.56. The first-order chi connectivity index (χ1) is 8.01. The number of carbonyl (C=O) groups excluding carboxylic acids is 1. The van der Waals surface area contributed by atoms with Gasteiger partial charge in [0, 0.05) is 16.6 Å². The molecule has 88 valence electrons. The molecule has 7 heteroatoms. The minimum absolute atomic E-state index is 0.0000463. The molecule has 0 fully saturated rings. The van der Waals surface area contributed by atoms with Crippen molar-refractivity contribution in [3.63, 3.8) is 0 Å². The number of benzene rings is 1. The van der Waals surface area contributed by atoms with Crippen LogP contribution in [0.1, 0.15) is 22.8 Å². The quantitative estimate of drug-likeness (QED) is 0.485. The fourth-order valence-corrected chi connectivity index (χ4v) is 1.81. The standard InChI is InChI=1S/C10H7BrN2O4/c1-2-17-10(14)9-6(5-12)3-7(13(15)16)4-8(9)11/h3-4H,2H2,1H3. The van der Waals surface area contributed by atoms with Gasteiger partial charge in [-0.05, 0) is 22.9 Å². The highest BCUT2D eigenvalue weighted by atomic mass is 79.9. The maximum atomic E-state index is 11.6. The molecular formula is C10H7BrN2O4. The maximum absolute atomic E-state index is 11.6. The van der Waals surface area contributed by atoms with Crippen molar-refractivity contribution in [2.24, 2.45) is 0 Å². The van der Waals surface area contributed by atoms with Gasteiger partial charge < -0.3 is 4.74 Å². The van der Waals surface area contributed by atoms with Gasteiger partial charge in [-0.1, -0.05) is 0 Å². The zero-order valence-electron chi connectivity index (χ0n) is 8.77. The van der Waals surface area contributed by atoms with Gasteiger partial charge in [0.1, 0.15) is 6.07 Å². The van der Waals surface area contributed by atoms with E-state index in [1.54, 1.807) is 13.0 Å². The molecule has 0 aromatic heterocycles. The topological polar surface area (TPSA) is 93.2 Å². The number of hydrogen-bond donors (Lipinski definition) is 0. The number of carbonyl (C=O) groups is 1. The molecule has 0 aliphatic rings. The lowest BCUT2D eigenvalue weighted by Gasteiger charge is -2.06. The minimum atomic E-state index is -0.689. The number of esters is 1. The van der Waals surface area contributed by atoms with Crippen LogP contribution in [0.25, 0.3) is 0 Å². The summed E-state index contributed by atoms with van der Waals surface area (Å²) >= 11 is 3.02. The third-order valence-electron chi connectivity index (χ3n) is 1.89. The van der Waals surface area contributed by atoms with Crippen molar-refractivity contribution in [3.05, 3.63) is 37.8 Å². The molecule has 1 aromatic carbocycles. The molecule has 0 amide bonds. The van der Waals surface area contributed by atoms with E-state index in [9.17, 15) is 14.9 Å². The average Bonchev–Trinajstić information content (AvgIpc) is 2.27. The van der Waals surface area contributed by atoms with Crippen molar-refractivity contribution >= 4 is 27.6 Å². The zero-order valence-corrected chi connectivity index (χ0v) is 10.4. The number of ether oxygens (including phenoxy) is 1. The number of nitriles is 1. The smallest absolute Gasteiger partial charge is 0.340 e. The summed E-state index contributed by atoms with van der Waals surface area (Å²) < 4.78 is 4.93. The summed E-state index contributed by atoms with van der Waals surface area (Å²) in [5, 5.41) is 19.5. The SMILES string of the molecule is CCOC(=O)c1c(Br)cc([N+](=O)[O-])cc1C#N. The number of rotatable bonds is 3. The van der Waals surface area contributed by atoms with E-state index < -0.39 is 10.9 Å². The van der Waals surface area contributed by atoms with Crippen molar-refractivity contribution in [2.75, 3.05) is 6.61 Å². The van der Waals surface area contributed by atoms with Crippen molar-refractivity contribution in [1.29, 1.82) is 5.26 Å². The Morgan fingerprint density at radius 2 is 2.29 bits per heavy atom. The number of halogens is 1. The number of non-ortho nitro benzene ring substituents is 1. The first-order valence-corrected chi connectivity index (χ1v) is 5.35.